The van der Waals surface area contributed by atoms with E-state index in [4.69, 9.17) is 4.74 Å². The molecule has 0 amide bonds. The van der Waals surface area contributed by atoms with Gasteiger partial charge in [0.2, 0.25) is 0 Å². The third-order valence-corrected chi connectivity index (χ3v) is 4.22. The zero-order chi connectivity index (χ0) is 17.2. The number of esters is 1. The Morgan fingerprint density at radius 2 is 1.64 bits per heavy atom. The lowest BCUT2D eigenvalue weighted by Crippen LogP contribution is -2.00. The van der Waals surface area contributed by atoms with Gasteiger partial charge in [-0.2, -0.15) is 0 Å². The number of carbonyl (C=O) groups is 1. The van der Waals surface area contributed by atoms with Crippen molar-refractivity contribution in [3.8, 4) is 16.8 Å². The van der Waals surface area contributed by atoms with Crippen LogP contribution in [0.5, 0.6) is 0 Å². The molecule has 0 aliphatic rings. The van der Waals surface area contributed by atoms with Crippen LogP contribution in [-0.4, -0.2) is 22.6 Å². The number of nitrogens with zero attached hydrogens (tertiary/aromatic N) is 2. The second-order valence-electron chi connectivity index (χ2n) is 5.72. The second-order valence-corrected chi connectivity index (χ2v) is 5.72. The number of hydrogen-bond acceptors (Lipinski definition) is 3. The van der Waals surface area contributed by atoms with E-state index in [9.17, 15) is 4.79 Å². The molecule has 0 N–H and O–H groups in total. The molecule has 122 valence electrons. The Balaban J connectivity index is 1.72. The van der Waals surface area contributed by atoms with E-state index in [2.05, 4.69) is 39.9 Å². The number of rotatable bonds is 3. The molecule has 0 fully saturated rings. The first-order valence-corrected chi connectivity index (χ1v) is 7.97. The summed E-state index contributed by atoms with van der Waals surface area (Å²) in [6.07, 6.45) is 1.84. The highest BCUT2D eigenvalue weighted by Crippen LogP contribution is 2.26. The highest BCUT2D eigenvalue weighted by Gasteiger charge is 2.08. The average molecular weight is 328 g/mol. The summed E-state index contributed by atoms with van der Waals surface area (Å²) < 4.78 is 6.80. The molecule has 0 saturated carbocycles. The van der Waals surface area contributed by atoms with E-state index in [1.54, 1.807) is 12.1 Å². The SMILES string of the molecule is COC(=O)c1ccc(-c2ccc3c(c2)ncn3-c2ccccc2)cc1. The number of hydrogen-bond donors (Lipinski definition) is 0. The van der Waals surface area contributed by atoms with Crippen molar-refractivity contribution in [3.63, 3.8) is 0 Å². The van der Waals surface area contributed by atoms with Gasteiger partial charge >= 0.3 is 5.97 Å². The smallest absolute Gasteiger partial charge is 0.337 e. The van der Waals surface area contributed by atoms with Crippen LogP contribution in [0.15, 0.2) is 79.1 Å². The van der Waals surface area contributed by atoms with Gasteiger partial charge in [0.15, 0.2) is 0 Å². The number of fused-ring (bicyclic) bond motifs is 1. The fourth-order valence-corrected chi connectivity index (χ4v) is 2.90. The number of imidazole rings is 1. The number of carbonyl (C=O) groups excluding carboxylic acids is 1. The first-order chi connectivity index (χ1) is 12.3. The van der Waals surface area contributed by atoms with E-state index in [0.29, 0.717) is 5.56 Å². The van der Waals surface area contributed by atoms with Crippen LogP contribution in [0.4, 0.5) is 0 Å². The zero-order valence-electron chi connectivity index (χ0n) is 13.7. The van der Waals surface area contributed by atoms with Gasteiger partial charge in [0.25, 0.3) is 0 Å². The lowest BCUT2D eigenvalue weighted by molar-refractivity contribution is 0.0601. The number of ether oxygens (including phenoxy) is 1. The second kappa shape index (κ2) is 6.24. The molecule has 4 nitrogen and oxygen atoms in total. The predicted octanol–water partition coefficient (Wildman–Crippen LogP) is 4.48. The van der Waals surface area contributed by atoms with Crippen molar-refractivity contribution in [2.75, 3.05) is 7.11 Å². The van der Waals surface area contributed by atoms with Gasteiger partial charge in [-0.3, -0.25) is 4.57 Å². The summed E-state index contributed by atoms with van der Waals surface area (Å²) in [4.78, 5) is 16.1. The van der Waals surface area contributed by atoms with Crippen LogP contribution < -0.4 is 0 Å². The van der Waals surface area contributed by atoms with Gasteiger partial charge in [-0.25, -0.2) is 9.78 Å². The fraction of sp³-hybridized carbons (Fsp3) is 0.0476. The van der Waals surface area contributed by atoms with E-state index < -0.39 is 0 Å². The van der Waals surface area contributed by atoms with Crippen molar-refractivity contribution in [1.82, 2.24) is 9.55 Å². The van der Waals surface area contributed by atoms with Crippen molar-refractivity contribution in [2.45, 2.75) is 0 Å². The molecule has 25 heavy (non-hydrogen) atoms. The maximum absolute atomic E-state index is 11.5. The molecule has 4 rings (SSSR count). The van der Waals surface area contributed by atoms with Crippen LogP contribution >= 0.6 is 0 Å². The van der Waals surface area contributed by atoms with Gasteiger partial charge in [-0.15, -0.1) is 0 Å². The lowest BCUT2D eigenvalue weighted by Gasteiger charge is -2.06. The van der Waals surface area contributed by atoms with Crippen molar-refractivity contribution in [3.05, 3.63) is 84.7 Å². The molecule has 0 aliphatic carbocycles. The minimum atomic E-state index is -0.330. The minimum Gasteiger partial charge on any atom is -0.465 e. The molecule has 1 heterocycles. The fourth-order valence-electron chi connectivity index (χ4n) is 2.90. The Labute approximate surface area is 145 Å². The van der Waals surface area contributed by atoms with E-state index in [-0.39, 0.29) is 5.97 Å². The minimum absolute atomic E-state index is 0.330. The molecule has 4 aromatic rings. The molecule has 4 heteroatoms. The molecule has 0 unspecified atom stereocenters. The van der Waals surface area contributed by atoms with E-state index in [1.807, 2.05) is 36.7 Å². The summed E-state index contributed by atoms with van der Waals surface area (Å²) in [6.45, 7) is 0. The topological polar surface area (TPSA) is 44.1 Å². The van der Waals surface area contributed by atoms with Gasteiger partial charge in [0.1, 0.15) is 6.33 Å². The third kappa shape index (κ3) is 2.78. The Morgan fingerprint density at radius 3 is 2.36 bits per heavy atom. The van der Waals surface area contributed by atoms with Crippen molar-refractivity contribution in [2.24, 2.45) is 0 Å². The normalized spacial score (nSPS) is 10.8. The predicted molar refractivity (Wildman–Crippen MR) is 97.8 cm³/mol. The number of para-hydroxylation sites is 1. The summed E-state index contributed by atoms with van der Waals surface area (Å²) in [5.41, 5.74) is 5.70. The molecule has 0 spiro atoms. The highest BCUT2D eigenvalue weighted by molar-refractivity contribution is 5.90. The van der Waals surface area contributed by atoms with E-state index in [0.717, 1.165) is 27.8 Å². The van der Waals surface area contributed by atoms with Crippen molar-refractivity contribution >= 4 is 17.0 Å². The average Bonchev–Trinajstić information content (AvgIpc) is 3.11. The Hall–Kier alpha value is -3.40. The van der Waals surface area contributed by atoms with Crippen LogP contribution in [0.2, 0.25) is 0 Å². The molecule has 0 bridgehead atoms. The third-order valence-electron chi connectivity index (χ3n) is 4.22. The molecular formula is C21H16N2O2. The standard InChI is InChI=1S/C21H16N2O2/c1-25-21(24)16-9-7-15(8-10-16)17-11-12-20-19(13-17)22-14-23(20)18-5-3-2-4-6-18/h2-14H,1H3. The number of methoxy groups -OCH3 is 1. The summed E-state index contributed by atoms with van der Waals surface area (Å²) in [5, 5.41) is 0. The summed E-state index contributed by atoms with van der Waals surface area (Å²) in [7, 11) is 1.38. The van der Waals surface area contributed by atoms with Crippen molar-refractivity contribution in [1.29, 1.82) is 0 Å². The Bertz CT molecular complexity index is 1030. The first kappa shape index (κ1) is 15.1. The van der Waals surface area contributed by atoms with E-state index in [1.165, 1.54) is 7.11 Å². The van der Waals surface area contributed by atoms with Crippen molar-refractivity contribution < 1.29 is 9.53 Å². The molecule has 1 aromatic heterocycles. The van der Waals surface area contributed by atoms with E-state index >= 15 is 0 Å². The largest absolute Gasteiger partial charge is 0.465 e. The molecule has 3 aromatic carbocycles. The van der Waals surface area contributed by atoms with Crippen LogP contribution in [0, 0.1) is 0 Å². The van der Waals surface area contributed by atoms with Gasteiger partial charge in [-0.1, -0.05) is 36.4 Å². The van der Waals surface area contributed by atoms with Crippen LogP contribution in [0.1, 0.15) is 10.4 Å². The number of benzene rings is 3. The highest BCUT2D eigenvalue weighted by atomic mass is 16.5. The van der Waals surface area contributed by atoms with Gasteiger partial charge in [0.05, 0.1) is 23.7 Å². The molecule has 0 atom stereocenters. The summed E-state index contributed by atoms with van der Waals surface area (Å²) in [5.74, 6) is -0.330. The number of aromatic nitrogens is 2. The molecule has 0 radical (unpaired) electrons. The van der Waals surface area contributed by atoms with Crippen LogP contribution in [0.3, 0.4) is 0 Å². The summed E-state index contributed by atoms with van der Waals surface area (Å²) in [6, 6.07) is 23.7. The monoisotopic (exact) mass is 328 g/mol. The van der Waals surface area contributed by atoms with Gasteiger partial charge in [-0.05, 0) is 47.5 Å². The van der Waals surface area contributed by atoms with Gasteiger partial charge < -0.3 is 4.74 Å². The summed E-state index contributed by atoms with van der Waals surface area (Å²) >= 11 is 0. The Morgan fingerprint density at radius 1 is 0.920 bits per heavy atom. The lowest BCUT2D eigenvalue weighted by atomic mass is 10.0. The van der Waals surface area contributed by atoms with Crippen LogP contribution in [-0.2, 0) is 4.74 Å². The molecule has 0 saturated heterocycles. The van der Waals surface area contributed by atoms with Gasteiger partial charge in [0, 0.05) is 5.69 Å². The molecule has 0 aliphatic heterocycles. The quantitative estimate of drug-likeness (QED) is 0.521. The Kier molecular flexibility index (Phi) is 3.78. The maximum Gasteiger partial charge on any atom is 0.337 e. The zero-order valence-corrected chi connectivity index (χ0v) is 13.7. The first-order valence-electron chi connectivity index (χ1n) is 7.97. The maximum atomic E-state index is 11.5. The van der Waals surface area contributed by atoms with Crippen LogP contribution in [0.25, 0.3) is 27.8 Å². The molecular weight excluding hydrogens is 312 g/mol.